The third-order valence-electron chi connectivity index (χ3n) is 9.41. The first-order chi connectivity index (χ1) is 19.8. The maximum atomic E-state index is 12.6. The predicted molar refractivity (Wildman–Crippen MR) is 169 cm³/mol. The molecule has 244 valence electrons. The van der Waals surface area contributed by atoms with Crippen molar-refractivity contribution in [3.8, 4) is 0 Å². The summed E-state index contributed by atoms with van der Waals surface area (Å²) >= 11 is 0. The van der Waals surface area contributed by atoms with Gasteiger partial charge >= 0.3 is 11.9 Å². The van der Waals surface area contributed by atoms with Crippen molar-refractivity contribution in [2.75, 3.05) is 20.8 Å². The fourth-order valence-corrected chi connectivity index (χ4v) is 11.4. The van der Waals surface area contributed by atoms with Gasteiger partial charge in [-0.2, -0.15) is 0 Å². The lowest BCUT2D eigenvalue weighted by Gasteiger charge is -2.52. The zero-order valence-corrected chi connectivity index (χ0v) is 30.1. The van der Waals surface area contributed by atoms with Crippen molar-refractivity contribution in [3.05, 3.63) is 11.6 Å². The fraction of sp³-hybridized carbons (Fsp3) is 0.839. The molecule has 1 aliphatic heterocycles. The first kappa shape index (κ1) is 38.6. The van der Waals surface area contributed by atoms with Gasteiger partial charge in [0.25, 0.3) is 0 Å². The van der Waals surface area contributed by atoms with E-state index in [0.717, 1.165) is 42.6 Å². The number of aldehydes is 1. The summed E-state index contributed by atoms with van der Waals surface area (Å²) < 4.78 is 37.3. The quantitative estimate of drug-likeness (QED) is 0.0678. The highest BCUT2D eigenvalue weighted by molar-refractivity contribution is 6.74. The van der Waals surface area contributed by atoms with Crippen molar-refractivity contribution in [1.29, 1.82) is 0 Å². The summed E-state index contributed by atoms with van der Waals surface area (Å²) in [6, 6.07) is 6.05. The molecule has 1 saturated heterocycles. The van der Waals surface area contributed by atoms with Gasteiger partial charge < -0.3 is 32.6 Å². The number of rotatable bonds is 19. The number of ether oxygens (including phenoxy) is 4. The molecule has 1 fully saturated rings. The summed E-state index contributed by atoms with van der Waals surface area (Å²) in [5.74, 6) is -2.77. The van der Waals surface area contributed by atoms with E-state index in [1.54, 1.807) is 20.8 Å². The lowest BCUT2D eigenvalue weighted by Crippen LogP contribution is -2.64. The molecule has 4 atom stereocenters. The summed E-state index contributed by atoms with van der Waals surface area (Å²) in [6.07, 6.45) is 1.02. The van der Waals surface area contributed by atoms with Gasteiger partial charge in [0.15, 0.2) is 22.7 Å². The Morgan fingerprint density at radius 1 is 0.976 bits per heavy atom. The van der Waals surface area contributed by atoms with Gasteiger partial charge in [0, 0.05) is 26.0 Å². The highest BCUT2D eigenvalue weighted by atomic mass is 28.4. The molecular formula is C31H58O9Si2. The van der Waals surface area contributed by atoms with Crippen molar-refractivity contribution in [1.82, 2.24) is 0 Å². The predicted octanol–water partition coefficient (Wildman–Crippen LogP) is 6.57. The minimum atomic E-state index is -2.03. The number of hydrogen-bond donors (Lipinski definition) is 0. The van der Waals surface area contributed by atoms with Gasteiger partial charge in [0.1, 0.15) is 6.29 Å². The summed E-state index contributed by atoms with van der Waals surface area (Å²) in [5.41, 5.74) is -0.773. The van der Waals surface area contributed by atoms with Crippen LogP contribution in [0.25, 0.3) is 0 Å². The van der Waals surface area contributed by atoms with Crippen LogP contribution in [-0.4, -0.2) is 79.8 Å². The van der Waals surface area contributed by atoms with Crippen LogP contribution in [0.2, 0.25) is 36.3 Å². The first-order valence-electron chi connectivity index (χ1n) is 15.8. The van der Waals surface area contributed by atoms with Gasteiger partial charge in [-0.05, 0) is 62.1 Å². The molecule has 0 aromatic rings. The Hall–Kier alpha value is -1.38. The molecule has 0 amide bonds. The van der Waals surface area contributed by atoms with Gasteiger partial charge in [0.2, 0.25) is 5.79 Å². The van der Waals surface area contributed by atoms with E-state index in [-0.39, 0.29) is 18.9 Å². The highest BCUT2D eigenvalue weighted by Gasteiger charge is 2.60. The van der Waals surface area contributed by atoms with E-state index in [9.17, 15) is 14.4 Å². The molecular weight excluding hydrogens is 573 g/mol. The first-order valence-corrected chi connectivity index (χ1v) is 20.8. The Balaban J connectivity index is 3.68. The minimum Gasteiger partial charge on any atom is -0.466 e. The molecule has 1 heterocycles. The van der Waals surface area contributed by atoms with Gasteiger partial charge in [-0.1, -0.05) is 48.5 Å². The van der Waals surface area contributed by atoms with Crippen molar-refractivity contribution in [2.45, 2.75) is 142 Å². The molecule has 0 N–H and O–H groups in total. The Morgan fingerprint density at radius 3 is 1.95 bits per heavy atom. The van der Waals surface area contributed by atoms with Crippen LogP contribution >= 0.6 is 0 Å². The summed E-state index contributed by atoms with van der Waals surface area (Å²) in [4.78, 5) is 37.6. The average molecular weight is 631 g/mol. The van der Waals surface area contributed by atoms with Crippen LogP contribution in [0.3, 0.4) is 0 Å². The van der Waals surface area contributed by atoms with Crippen LogP contribution in [0.15, 0.2) is 11.6 Å². The Kier molecular flexibility index (Phi) is 15.8. The van der Waals surface area contributed by atoms with Crippen LogP contribution in [0, 0.1) is 5.41 Å². The Bertz CT molecular complexity index is 882. The van der Waals surface area contributed by atoms with Crippen LogP contribution in [-0.2, 0) is 42.2 Å². The Morgan fingerprint density at radius 2 is 1.52 bits per heavy atom. The largest absolute Gasteiger partial charge is 0.466 e. The van der Waals surface area contributed by atoms with Crippen LogP contribution in [0.1, 0.15) is 81.6 Å². The van der Waals surface area contributed by atoms with Gasteiger partial charge in [-0.15, -0.1) is 0 Å². The van der Waals surface area contributed by atoms with Crippen molar-refractivity contribution in [3.63, 3.8) is 0 Å². The molecule has 0 saturated carbocycles. The second-order valence-corrected chi connectivity index (χ2v) is 21.4. The summed E-state index contributed by atoms with van der Waals surface area (Å²) in [7, 11) is -1.22. The van der Waals surface area contributed by atoms with Crippen molar-refractivity contribution in [2.24, 2.45) is 5.41 Å². The third-order valence-corrected chi connectivity index (χ3v) is 18.8. The number of hydrogen-bond acceptors (Lipinski definition) is 9. The van der Waals surface area contributed by atoms with E-state index < -0.39 is 52.0 Å². The minimum absolute atomic E-state index is 0.107. The Labute approximate surface area is 256 Å². The normalized spacial score (nSPS) is 23.5. The second-order valence-electron chi connectivity index (χ2n) is 11.9. The molecule has 0 spiro atoms. The number of carbonyl (C=O) groups is 3. The molecule has 0 bridgehead atoms. The maximum absolute atomic E-state index is 12.6. The molecule has 9 nitrogen and oxygen atoms in total. The van der Waals surface area contributed by atoms with Crippen LogP contribution < -0.4 is 0 Å². The van der Waals surface area contributed by atoms with Gasteiger partial charge in [-0.25, -0.2) is 4.79 Å². The smallest absolute Gasteiger partial charge is 0.330 e. The lowest BCUT2D eigenvalue weighted by molar-refractivity contribution is -0.337. The molecule has 1 aliphatic rings. The molecule has 1 unspecified atom stereocenters. The van der Waals surface area contributed by atoms with Gasteiger partial charge in [-0.3, -0.25) is 4.79 Å². The molecule has 0 aromatic heterocycles. The lowest BCUT2D eigenvalue weighted by atomic mass is 9.75. The SMILES string of the molecule is CCC(=O)O[C@H]1/C(=C/C(=O)OC)C[C@@H](CC(CO[Si](CC)(CC)CC)O[Si](CC)(CC)CC)O[C@@]1(OC)C(C)(C)C=O. The van der Waals surface area contributed by atoms with E-state index in [2.05, 4.69) is 41.5 Å². The molecule has 0 radical (unpaired) electrons. The maximum Gasteiger partial charge on any atom is 0.330 e. The highest BCUT2D eigenvalue weighted by Crippen LogP contribution is 2.47. The average Bonchev–Trinajstić information content (AvgIpc) is 3.01. The van der Waals surface area contributed by atoms with Crippen LogP contribution in [0.4, 0.5) is 0 Å². The molecule has 42 heavy (non-hydrogen) atoms. The second kappa shape index (κ2) is 17.2. The number of carbonyl (C=O) groups excluding carboxylic acids is 3. The van der Waals surface area contributed by atoms with Crippen molar-refractivity contribution < 1.29 is 42.2 Å². The van der Waals surface area contributed by atoms with E-state index in [0.29, 0.717) is 18.6 Å². The number of esters is 2. The number of methoxy groups -OCH3 is 2. The summed E-state index contributed by atoms with van der Waals surface area (Å²) in [5, 5.41) is 0. The standard InChI is InChI=1S/C31H58O9Si2/c1-12-27(33)38-29-24(20-28(34)35-10)19-25(39-31(29,36-11)30(8,9)23-32)21-26(40-42(16-5,17-6)18-7)22-37-41(13-2,14-3)15-4/h20,23,25-26,29H,12-19,21-22H2,1-11H3/b24-20+/t25-,26?,29-,31+/m0/s1. The topological polar surface area (TPSA) is 107 Å². The van der Waals surface area contributed by atoms with Crippen LogP contribution in [0.5, 0.6) is 0 Å². The van der Waals surface area contributed by atoms with Gasteiger partial charge in [0.05, 0.1) is 31.3 Å². The zero-order valence-electron chi connectivity index (χ0n) is 28.1. The molecule has 1 rings (SSSR count). The third kappa shape index (κ3) is 9.07. The van der Waals surface area contributed by atoms with E-state index in [4.69, 9.17) is 27.8 Å². The van der Waals surface area contributed by atoms with E-state index in [1.165, 1.54) is 20.3 Å². The van der Waals surface area contributed by atoms with E-state index in [1.807, 2.05) is 0 Å². The van der Waals surface area contributed by atoms with Crippen molar-refractivity contribution >= 4 is 34.9 Å². The molecule has 0 aromatic carbocycles. The molecule has 0 aliphatic carbocycles. The van der Waals surface area contributed by atoms with E-state index >= 15 is 0 Å². The fourth-order valence-electron chi connectivity index (χ4n) is 5.92. The molecule has 11 heteroatoms. The monoisotopic (exact) mass is 630 g/mol. The zero-order chi connectivity index (χ0) is 32.2. The summed E-state index contributed by atoms with van der Waals surface area (Å²) in [6.45, 7) is 18.7.